The summed E-state index contributed by atoms with van der Waals surface area (Å²) >= 11 is 0. The number of nitrogens with two attached hydrogens (primary N) is 1. The molecule has 0 radical (unpaired) electrons. The Morgan fingerprint density at radius 1 is 1.44 bits per heavy atom. The van der Waals surface area contributed by atoms with Crippen LogP contribution in [0.2, 0.25) is 0 Å². The van der Waals surface area contributed by atoms with Crippen LogP contribution in [-0.4, -0.2) is 19.1 Å². The number of hydrogen-bond acceptors (Lipinski definition) is 3. The van der Waals surface area contributed by atoms with Crippen LogP contribution in [0, 0.1) is 0 Å². The van der Waals surface area contributed by atoms with Crippen LogP contribution in [0.3, 0.4) is 0 Å². The molecule has 1 aliphatic heterocycles. The van der Waals surface area contributed by atoms with E-state index < -0.39 is 0 Å². The lowest BCUT2D eigenvalue weighted by atomic mass is 10.5. The van der Waals surface area contributed by atoms with Crippen molar-refractivity contribution >= 4 is 5.91 Å². The molecule has 9 heavy (non-hydrogen) atoms. The summed E-state index contributed by atoms with van der Waals surface area (Å²) in [6.45, 7) is 2.86. The number of carbonyl (C=O) groups is 1. The smallest absolute Gasteiger partial charge is 0.214 e. The van der Waals surface area contributed by atoms with Gasteiger partial charge in [-0.3, -0.25) is 4.79 Å². The molecule has 0 aromatic heterocycles. The summed E-state index contributed by atoms with van der Waals surface area (Å²) in [6.07, 6.45) is 1.06. The molecule has 0 saturated carbocycles. The predicted octanol–water partition coefficient (Wildman–Crippen LogP) is -0.170. The molecule has 1 saturated heterocycles. The van der Waals surface area contributed by atoms with E-state index in [1.54, 1.807) is 0 Å². The summed E-state index contributed by atoms with van der Waals surface area (Å²) < 4.78 is 0. The molecule has 0 bridgehead atoms. The van der Waals surface area contributed by atoms with E-state index in [9.17, 15) is 4.79 Å². The summed E-state index contributed by atoms with van der Waals surface area (Å²) in [4.78, 5) is 18.1. The molecule has 1 aliphatic rings. The molecule has 0 unspecified atom stereocenters. The Labute approximate surface area is 53.9 Å². The van der Waals surface area contributed by atoms with Gasteiger partial charge in [0.25, 0.3) is 0 Å². The second-order valence-corrected chi connectivity index (χ2v) is 1.61. The second kappa shape index (κ2) is 5.53. The molecule has 4 nitrogen and oxygen atoms in total. The lowest BCUT2D eigenvalue weighted by Gasteiger charge is -1.77. The maximum atomic E-state index is 9.22. The molecular formula is C5H11NO3. The standard InChI is InChI=1S/C3H6O2.C2H5NO/c1-2-4-5-3-1;1-2(3)4/h1-3H2;1H3,(H2,3,4). The fraction of sp³-hybridized carbons (Fsp3) is 0.800. The van der Waals surface area contributed by atoms with Gasteiger partial charge in [-0.15, -0.1) is 0 Å². The van der Waals surface area contributed by atoms with Gasteiger partial charge in [0, 0.05) is 13.3 Å². The third kappa shape index (κ3) is 11.1. The highest BCUT2D eigenvalue weighted by atomic mass is 17.2. The zero-order chi connectivity index (χ0) is 7.11. The van der Waals surface area contributed by atoms with Crippen LogP contribution in [0.5, 0.6) is 0 Å². The molecule has 0 spiro atoms. The van der Waals surface area contributed by atoms with Crippen LogP contribution in [-0.2, 0) is 14.6 Å². The van der Waals surface area contributed by atoms with E-state index in [1.165, 1.54) is 6.92 Å². The monoisotopic (exact) mass is 133 g/mol. The molecule has 4 heteroatoms. The van der Waals surface area contributed by atoms with E-state index in [4.69, 9.17) is 0 Å². The summed E-state index contributed by atoms with van der Waals surface area (Å²) in [5, 5.41) is 0. The Bertz CT molecular complexity index is 68.7. The molecule has 0 aromatic carbocycles. The number of amides is 1. The van der Waals surface area contributed by atoms with Gasteiger partial charge in [0.15, 0.2) is 0 Å². The van der Waals surface area contributed by atoms with Crippen molar-refractivity contribution in [3.05, 3.63) is 0 Å². The first-order chi connectivity index (χ1) is 4.23. The highest BCUT2D eigenvalue weighted by molar-refractivity contribution is 5.70. The van der Waals surface area contributed by atoms with Gasteiger partial charge >= 0.3 is 0 Å². The summed E-state index contributed by atoms with van der Waals surface area (Å²) in [5.74, 6) is -0.333. The summed E-state index contributed by atoms with van der Waals surface area (Å²) in [6, 6.07) is 0. The maximum absolute atomic E-state index is 9.22. The molecule has 0 aromatic rings. The third-order valence-electron chi connectivity index (χ3n) is 0.539. The SMILES string of the molecule is C1COOC1.CC(N)=O. The maximum Gasteiger partial charge on any atom is 0.214 e. The Morgan fingerprint density at radius 3 is 1.89 bits per heavy atom. The van der Waals surface area contributed by atoms with E-state index in [1.807, 2.05) is 0 Å². The quantitative estimate of drug-likeness (QED) is 0.466. The fourth-order valence-electron chi connectivity index (χ4n) is 0.295. The third-order valence-corrected chi connectivity index (χ3v) is 0.539. The number of carbonyl (C=O) groups excluding carboxylic acids is 1. The van der Waals surface area contributed by atoms with Gasteiger partial charge in [-0.1, -0.05) is 0 Å². The molecule has 1 amide bonds. The van der Waals surface area contributed by atoms with E-state index in [-0.39, 0.29) is 5.91 Å². The van der Waals surface area contributed by atoms with E-state index in [0.717, 1.165) is 19.6 Å². The molecule has 0 aliphatic carbocycles. The van der Waals surface area contributed by atoms with E-state index in [0.29, 0.717) is 0 Å². The average molecular weight is 133 g/mol. The zero-order valence-electron chi connectivity index (χ0n) is 5.42. The van der Waals surface area contributed by atoms with E-state index >= 15 is 0 Å². The molecule has 0 atom stereocenters. The molecule has 1 heterocycles. The predicted molar refractivity (Wildman–Crippen MR) is 31.4 cm³/mol. The highest BCUT2D eigenvalue weighted by Gasteiger charge is 1.95. The van der Waals surface area contributed by atoms with Crippen LogP contribution >= 0.6 is 0 Å². The van der Waals surface area contributed by atoms with Crippen LogP contribution < -0.4 is 5.73 Å². The lowest BCUT2D eigenvalue weighted by molar-refractivity contribution is -0.248. The van der Waals surface area contributed by atoms with Crippen LogP contribution in [0.1, 0.15) is 13.3 Å². The van der Waals surface area contributed by atoms with Gasteiger partial charge < -0.3 is 5.73 Å². The van der Waals surface area contributed by atoms with Crippen molar-refractivity contribution in [2.24, 2.45) is 5.73 Å². The minimum Gasteiger partial charge on any atom is -0.370 e. The van der Waals surface area contributed by atoms with Crippen LogP contribution in [0.4, 0.5) is 0 Å². The topological polar surface area (TPSA) is 61.6 Å². The number of hydrogen-bond donors (Lipinski definition) is 1. The van der Waals surface area contributed by atoms with Crippen molar-refractivity contribution < 1.29 is 14.6 Å². The Morgan fingerprint density at radius 2 is 1.78 bits per heavy atom. The largest absolute Gasteiger partial charge is 0.370 e. The van der Waals surface area contributed by atoms with Crippen molar-refractivity contribution in [1.29, 1.82) is 0 Å². The Kier molecular flexibility index (Phi) is 5.15. The van der Waals surface area contributed by atoms with Gasteiger partial charge in [0.2, 0.25) is 5.91 Å². The van der Waals surface area contributed by atoms with Crippen molar-refractivity contribution in [3.63, 3.8) is 0 Å². The first-order valence-corrected chi connectivity index (χ1v) is 2.74. The van der Waals surface area contributed by atoms with Gasteiger partial charge in [-0.25, -0.2) is 9.78 Å². The van der Waals surface area contributed by atoms with Gasteiger partial charge in [-0.2, -0.15) is 0 Å². The Hall–Kier alpha value is -0.610. The van der Waals surface area contributed by atoms with Crippen molar-refractivity contribution in [2.75, 3.05) is 13.2 Å². The average Bonchev–Trinajstić information content (AvgIpc) is 2.11. The first kappa shape index (κ1) is 8.39. The van der Waals surface area contributed by atoms with Crippen LogP contribution in [0.25, 0.3) is 0 Å². The van der Waals surface area contributed by atoms with Gasteiger partial charge in [0.1, 0.15) is 0 Å². The normalized spacial score (nSPS) is 16.1. The second-order valence-electron chi connectivity index (χ2n) is 1.61. The minimum absolute atomic E-state index is 0.333. The van der Waals surface area contributed by atoms with Crippen molar-refractivity contribution in [2.45, 2.75) is 13.3 Å². The fourth-order valence-corrected chi connectivity index (χ4v) is 0.295. The molecule has 2 N–H and O–H groups in total. The lowest BCUT2D eigenvalue weighted by Crippen LogP contribution is -2.01. The van der Waals surface area contributed by atoms with Crippen molar-refractivity contribution in [1.82, 2.24) is 0 Å². The first-order valence-electron chi connectivity index (χ1n) is 2.74. The number of rotatable bonds is 0. The van der Waals surface area contributed by atoms with Crippen LogP contribution in [0.15, 0.2) is 0 Å². The van der Waals surface area contributed by atoms with Crippen molar-refractivity contribution in [3.8, 4) is 0 Å². The molecular weight excluding hydrogens is 122 g/mol. The number of primary amides is 1. The van der Waals surface area contributed by atoms with Gasteiger partial charge in [0.05, 0.1) is 13.2 Å². The zero-order valence-corrected chi connectivity index (χ0v) is 5.42. The molecule has 54 valence electrons. The summed E-state index contributed by atoms with van der Waals surface area (Å²) in [5.41, 5.74) is 4.47. The summed E-state index contributed by atoms with van der Waals surface area (Å²) in [7, 11) is 0. The highest BCUT2D eigenvalue weighted by Crippen LogP contribution is 1.93. The van der Waals surface area contributed by atoms with Gasteiger partial charge in [-0.05, 0) is 0 Å². The van der Waals surface area contributed by atoms with E-state index in [2.05, 4.69) is 15.5 Å². The minimum atomic E-state index is -0.333. The molecule has 1 rings (SSSR count). The molecule has 1 fully saturated rings. The Balaban J connectivity index is 0.000000148.